The summed E-state index contributed by atoms with van der Waals surface area (Å²) in [4.78, 5) is 44.7. The second-order valence-corrected chi connectivity index (χ2v) is 7.55. The van der Waals surface area contributed by atoms with E-state index in [1.165, 1.54) is 12.1 Å². The van der Waals surface area contributed by atoms with Crippen LogP contribution in [0, 0.1) is 11.6 Å². The lowest BCUT2D eigenvalue weighted by Gasteiger charge is -2.16. The third kappa shape index (κ3) is 4.41. The zero-order valence-electron chi connectivity index (χ0n) is 17.0. The topological polar surface area (TPSA) is 89.2 Å². The second-order valence-electron chi connectivity index (χ2n) is 6.57. The summed E-state index contributed by atoms with van der Waals surface area (Å²) in [5.74, 6) is -2.81. The van der Waals surface area contributed by atoms with Crippen molar-refractivity contribution in [1.29, 1.82) is 0 Å². The third-order valence-electron chi connectivity index (χ3n) is 4.61. The fourth-order valence-electron chi connectivity index (χ4n) is 3.05. The van der Waals surface area contributed by atoms with Crippen molar-refractivity contribution in [3.63, 3.8) is 0 Å². The van der Waals surface area contributed by atoms with Crippen LogP contribution in [0.25, 0.3) is 10.3 Å². The van der Waals surface area contributed by atoms with Crippen LogP contribution < -0.4 is 21.5 Å². The Bertz CT molecular complexity index is 1260. The van der Waals surface area contributed by atoms with Crippen LogP contribution in [0.3, 0.4) is 0 Å². The summed E-state index contributed by atoms with van der Waals surface area (Å²) in [6.45, 7) is 8.25. The Morgan fingerprint density at radius 2 is 1.94 bits per heavy atom. The number of rotatable bonds is 8. The maximum Gasteiger partial charge on any atom is 0.333 e. The molecule has 0 radical (unpaired) electrons. The van der Waals surface area contributed by atoms with Crippen molar-refractivity contribution in [1.82, 2.24) is 14.1 Å². The number of thiazole rings is 1. The summed E-state index contributed by atoms with van der Waals surface area (Å²) in [5.41, 5.74) is -1.08. The first kappa shape index (κ1) is 22.3. The number of nitrogens with one attached hydrogen (secondary N) is 1. The third-order valence-corrected chi connectivity index (χ3v) is 5.70. The molecule has 1 aromatic carbocycles. The molecule has 3 rings (SSSR count). The van der Waals surface area contributed by atoms with Crippen LogP contribution in [0.1, 0.15) is 13.8 Å². The predicted molar refractivity (Wildman–Crippen MR) is 117 cm³/mol. The van der Waals surface area contributed by atoms with Crippen molar-refractivity contribution in [3.8, 4) is 0 Å². The number of benzene rings is 1. The summed E-state index contributed by atoms with van der Waals surface area (Å²) >= 11 is 1.14. The van der Waals surface area contributed by atoms with Gasteiger partial charge in [0, 0.05) is 31.4 Å². The first-order valence-corrected chi connectivity index (χ1v) is 10.4. The summed E-state index contributed by atoms with van der Waals surface area (Å²) in [5, 5.41) is 2.98. The summed E-state index contributed by atoms with van der Waals surface area (Å²) in [6.07, 6.45) is 1.41. The number of nitrogens with zero attached hydrogens (tertiary/aromatic N) is 4. The van der Waals surface area contributed by atoms with Gasteiger partial charge in [0.15, 0.2) is 22.4 Å². The number of carbonyl (C=O) groups is 1. The average molecular weight is 449 g/mol. The Hall–Kier alpha value is -3.34. The van der Waals surface area contributed by atoms with Gasteiger partial charge in [-0.25, -0.2) is 18.6 Å². The van der Waals surface area contributed by atoms with Gasteiger partial charge >= 0.3 is 5.69 Å². The monoisotopic (exact) mass is 449 g/mol. The molecule has 2 aromatic heterocycles. The van der Waals surface area contributed by atoms with Crippen LogP contribution in [0.4, 0.5) is 19.6 Å². The molecule has 31 heavy (non-hydrogen) atoms. The van der Waals surface area contributed by atoms with Crippen molar-refractivity contribution in [2.45, 2.75) is 26.9 Å². The van der Waals surface area contributed by atoms with Gasteiger partial charge in [0.1, 0.15) is 11.2 Å². The molecule has 164 valence electrons. The van der Waals surface area contributed by atoms with Crippen LogP contribution in [-0.4, -0.2) is 33.1 Å². The molecule has 0 aliphatic rings. The second kappa shape index (κ2) is 9.21. The SMILES string of the molecule is C=CCn1c(=O)c2sc(N(CC)CC)nc2n(CC(=O)Nc2ccc(F)c(F)c2)c1=O. The molecule has 0 fully saturated rings. The molecule has 3 aromatic rings. The van der Waals surface area contributed by atoms with Crippen LogP contribution in [0.15, 0.2) is 40.4 Å². The average Bonchev–Trinajstić information content (AvgIpc) is 3.17. The maximum atomic E-state index is 13.4. The Morgan fingerprint density at radius 3 is 2.55 bits per heavy atom. The highest BCUT2D eigenvalue weighted by Crippen LogP contribution is 2.25. The number of anilines is 2. The van der Waals surface area contributed by atoms with Crippen molar-refractivity contribution in [2.24, 2.45) is 0 Å². The Morgan fingerprint density at radius 1 is 1.23 bits per heavy atom. The minimum Gasteiger partial charge on any atom is -0.349 e. The van der Waals surface area contributed by atoms with Crippen LogP contribution in [-0.2, 0) is 17.9 Å². The summed E-state index contributed by atoms with van der Waals surface area (Å²) < 4.78 is 28.8. The van der Waals surface area contributed by atoms with E-state index in [0.29, 0.717) is 18.2 Å². The van der Waals surface area contributed by atoms with E-state index in [9.17, 15) is 23.2 Å². The fraction of sp³-hybridized carbons (Fsp3) is 0.300. The van der Waals surface area contributed by atoms with Gasteiger partial charge in [0.25, 0.3) is 5.56 Å². The molecule has 0 saturated heterocycles. The smallest absolute Gasteiger partial charge is 0.333 e. The van der Waals surface area contributed by atoms with E-state index in [0.717, 1.165) is 32.6 Å². The zero-order valence-corrected chi connectivity index (χ0v) is 17.8. The number of halogens is 2. The summed E-state index contributed by atoms with van der Waals surface area (Å²) in [7, 11) is 0. The number of aromatic nitrogens is 3. The van der Waals surface area contributed by atoms with Crippen molar-refractivity contribution < 1.29 is 13.6 Å². The van der Waals surface area contributed by atoms with Gasteiger partial charge in [-0.2, -0.15) is 0 Å². The Balaban J connectivity index is 2.07. The number of carbonyl (C=O) groups excluding carboxylic acids is 1. The van der Waals surface area contributed by atoms with E-state index in [4.69, 9.17) is 0 Å². The van der Waals surface area contributed by atoms with Gasteiger partial charge in [-0.1, -0.05) is 17.4 Å². The quantitative estimate of drug-likeness (QED) is 0.534. The zero-order chi connectivity index (χ0) is 22.7. The van der Waals surface area contributed by atoms with Crippen molar-refractivity contribution in [2.75, 3.05) is 23.3 Å². The van der Waals surface area contributed by atoms with Gasteiger partial charge < -0.3 is 10.2 Å². The molecule has 0 bridgehead atoms. The molecule has 0 aliphatic carbocycles. The lowest BCUT2D eigenvalue weighted by atomic mass is 10.3. The van der Waals surface area contributed by atoms with Crippen LogP contribution in [0.5, 0.6) is 0 Å². The molecule has 1 amide bonds. The van der Waals surface area contributed by atoms with Crippen LogP contribution in [0.2, 0.25) is 0 Å². The van der Waals surface area contributed by atoms with Gasteiger partial charge in [-0.05, 0) is 26.0 Å². The largest absolute Gasteiger partial charge is 0.349 e. The predicted octanol–water partition coefficient (Wildman–Crippen LogP) is 2.57. The minimum atomic E-state index is -1.11. The lowest BCUT2D eigenvalue weighted by Crippen LogP contribution is -2.41. The van der Waals surface area contributed by atoms with Gasteiger partial charge in [0.05, 0.1) is 0 Å². The molecule has 0 unspecified atom stereocenters. The van der Waals surface area contributed by atoms with E-state index in [1.54, 1.807) is 0 Å². The van der Waals surface area contributed by atoms with Gasteiger partial charge in [-0.3, -0.25) is 18.7 Å². The first-order valence-electron chi connectivity index (χ1n) is 9.55. The fourth-order valence-corrected chi connectivity index (χ4v) is 4.20. The molecule has 11 heteroatoms. The minimum absolute atomic E-state index is 0.0309. The highest BCUT2D eigenvalue weighted by Gasteiger charge is 2.21. The molecular weight excluding hydrogens is 428 g/mol. The lowest BCUT2D eigenvalue weighted by molar-refractivity contribution is -0.116. The number of hydrogen-bond donors (Lipinski definition) is 1. The van der Waals surface area contributed by atoms with E-state index in [-0.39, 0.29) is 22.6 Å². The van der Waals surface area contributed by atoms with Crippen molar-refractivity contribution >= 4 is 38.4 Å². The molecule has 1 N–H and O–H groups in total. The number of amides is 1. The normalized spacial score (nSPS) is 11.0. The Labute approximate surface area is 180 Å². The van der Waals surface area contributed by atoms with E-state index < -0.39 is 35.3 Å². The van der Waals surface area contributed by atoms with Crippen LogP contribution >= 0.6 is 11.3 Å². The molecular formula is C20H21F2N5O3S. The highest BCUT2D eigenvalue weighted by molar-refractivity contribution is 7.22. The summed E-state index contributed by atoms with van der Waals surface area (Å²) in [6, 6.07) is 2.93. The molecule has 0 spiro atoms. The standard InChI is InChI=1S/C20H21F2N5O3S/c1-4-9-26-18(29)16-17(24-19(31-16)25(5-2)6-3)27(20(26)30)11-15(28)23-12-7-8-13(21)14(22)10-12/h4,7-8,10H,1,5-6,9,11H2,2-3H3,(H,23,28). The Kier molecular flexibility index (Phi) is 6.64. The number of fused-ring (bicyclic) bond motifs is 1. The first-order chi connectivity index (χ1) is 14.8. The van der Waals surface area contributed by atoms with E-state index >= 15 is 0 Å². The highest BCUT2D eigenvalue weighted by atomic mass is 32.1. The molecule has 0 saturated carbocycles. The molecule has 8 nitrogen and oxygen atoms in total. The maximum absolute atomic E-state index is 13.4. The number of allylic oxidation sites excluding steroid dienone is 1. The van der Waals surface area contributed by atoms with E-state index in [2.05, 4.69) is 16.9 Å². The van der Waals surface area contributed by atoms with E-state index in [1.807, 2.05) is 18.7 Å². The molecule has 0 atom stereocenters. The number of hydrogen-bond acceptors (Lipinski definition) is 6. The molecule has 2 heterocycles. The molecule has 0 aliphatic heterocycles. The van der Waals surface area contributed by atoms with Gasteiger partial charge in [-0.15, -0.1) is 6.58 Å². The van der Waals surface area contributed by atoms with Crippen molar-refractivity contribution in [3.05, 3.63) is 63.3 Å². The van der Waals surface area contributed by atoms with Gasteiger partial charge in [0.2, 0.25) is 5.91 Å².